The van der Waals surface area contributed by atoms with Gasteiger partial charge in [-0.1, -0.05) is 12.1 Å². The quantitative estimate of drug-likeness (QED) is 0.215. The largest absolute Gasteiger partial charge is 0.493 e. The summed E-state index contributed by atoms with van der Waals surface area (Å²) in [5, 5.41) is 13.2. The Hall–Kier alpha value is -3.96. The molecule has 0 aliphatic heterocycles. The highest BCUT2D eigenvalue weighted by molar-refractivity contribution is 7.10. The van der Waals surface area contributed by atoms with Gasteiger partial charge >= 0.3 is 0 Å². The first kappa shape index (κ1) is 29.6. The van der Waals surface area contributed by atoms with E-state index < -0.39 is 10.8 Å². The predicted molar refractivity (Wildman–Crippen MR) is 149 cm³/mol. The van der Waals surface area contributed by atoms with Crippen LogP contribution in [0.3, 0.4) is 0 Å². The molecule has 0 fully saturated rings. The van der Waals surface area contributed by atoms with Crippen LogP contribution in [0.5, 0.6) is 11.5 Å². The van der Waals surface area contributed by atoms with Crippen LogP contribution in [0, 0.1) is 17.0 Å². The van der Waals surface area contributed by atoms with E-state index >= 15 is 0 Å². The standard InChI is InChI=1S/C28H33N3O7S/c1-20-11-15-39-26(20)18-29(12-10-21-8-9-24(37-3)25(16-21)38-4)27(32)19-30(13-14-36-2)28(33)22-6-5-7-23(17-22)31(34)35/h5-9,11,15-17H,10,12-14,18-19H2,1-4H3. The van der Waals surface area contributed by atoms with Crippen LogP contribution in [0.1, 0.15) is 26.4 Å². The number of nitrogens with zero attached hydrogens (tertiary/aromatic N) is 3. The van der Waals surface area contributed by atoms with Gasteiger partial charge in [-0.05, 0) is 54.1 Å². The lowest BCUT2D eigenvalue weighted by Gasteiger charge is -2.28. The second-order valence-corrected chi connectivity index (χ2v) is 9.81. The number of amides is 2. The van der Waals surface area contributed by atoms with E-state index in [1.807, 2.05) is 36.6 Å². The number of thiophene rings is 1. The molecule has 0 radical (unpaired) electrons. The van der Waals surface area contributed by atoms with Gasteiger partial charge in [0.25, 0.3) is 11.6 Å². The van der Waals surface area contributed by atoms with Crippen molar-refractivity contribution in [1.82, 2.24) is 9.80 Å². The summed E-state index contributed by atoms with van der Waals surface area (Å²) >= 11 is 1.57. The molecule has 208 valence electrons. The average molecular weight is 556 g/mol. The fourth-order valence-corrected chi connectivity index (χ4v) is 4.90. The van der Waals surface area contributed by atoms with Crippen LogP contribution < -0.4 is 9.47 Å². The minimum Gasteiger partial charge on any atom is -0.493 e. The lowest BCUT2D eigenvalue weighted by Crippen LogP contribution is -2.44. The summed E-state index contributed by atoms with van der Waals surface area (Å²) in [7, 11) is 4.66. The minimum atomic E-state index is -0.555. The summed E-state index contributed by atoms with van der Waals surface area (Å²) in [4.78, 5) is 41.8. The van der Waals surface area contributed by atoms with Crippen molar-refractivity contribution in [3.63, 3.8) is 0 Å². The van der Waals surface area contributed by atoms with E-state index in [9.17, 15) is 19.7 Å². The van der Waals surface area contributed by atoms with Gasteiger partial charge in [0.05, 0.1) is 32.3 Å². The van der Waals surface area contributed by atoms with Gasteiger partial charge in [0.1, 0.15) is 6.54 Å². The van der Waals surface area contributed by atoms with E-state index in [-0.39, 0.29) is 36.9 Å². The first-order valence-corrected chi connectivity index (χ1v) is 13.2. The number of rotatable bonds is 14. The number of carbonyl (C=O) groups excluding carboxylic acids is 2. The molecule has 0 aliphatic rings. The molecule has 3 rings (SSSR count). The number of hydrogen-bond acceptors (Lipinski definition) is 8. The molecule has 2 aromatic carbocycles. The SMILES string of the molecule is COCCN(CC(=O)N(CCc1ccc(OC)c(OC)c1)Cc1sccc1C)C(=O)c1cccc([N+](=O)[O-])c1. The third-order valence-electron chi connectivity index (χ3n) is 6.26. The zero-order valence-corrected chi connectivity index (χ0v) is 23.4. The Labute approximate surface area is 231 Å². The number of aryl methyl sites for hydroxylation is 1. The summed E-state index contributed by atoms with van der Waals surface area (Å²) in [6, 6.07) is 13.1. The number of hydrogen-bond donors (Lipinski definition) is 0. The molecule has 0 unspecified atom stereocenters. The van der Waals surface area contributed by atoms with Crippen molar-refractivity contribution in [2.45, 2.75) is 19.9 Å². The molecule has 11 heteroatoms. The Kier molecular flexibility index (Phi) is 10.8. The minimum absolute atomic E-state index is 0.138. The van der Waals surface area contributed by atoms with Gasteiger partial charge in [-0.15, -0.1) is 11.3 Å². The lowest BCUT2D eigenvalue weighted by atomic mass is 10.1. The molecular weight excluding hydrogens is 522 g/mol. The van der Waals surface area contributed by atoms with Crippen molar-refractivity contribution in [2.75, 3.05) is 47.6 Å². The molecule has 0 atom stereocenters. The van der Waals surface area contributed by atoms with Crippen LogP contribution >= 0.6 is 11.3 Å². The number of carbonyl (C=O) groups is 2. The maximum absolute atomic E-state index is 13.7. The van der Waals surface area contributed by atoms with Gasteiger partial charge in [0, 0.05) is 42.8 Å². The van der Waals surface area contributed by atoms with E-state index in [2.05, 4.69) is 0 Å². The highest BCUT2D eigenvalue weighted by Crippen LogP contribution is 2.28. The molecule has 0 spiro atoms. The van der Waals surface area contributed by atoms with Gasteiger partial charge < -0.3 is 24.0 Å². The first-order chi connectivity index (χ1) is 18.8. The Morgan fingerprint density at radius 2 is 1.74 bits per heavy atom. The summed E-state index contributed by atoms with van der Waals surface area (Å²) in [6.45, 7) is 2.99. The summed E-state index contributed by atoms with van der Waals surface area (Å²) in [6.07, 6.45) is 0.563. The number of non-ortho nitro benzene ring substituents is 1. The first-order valence-electron chi connectivity index (χ1n) is 12.3. The molecule has 0 saturated heterocycles. The molecule has 3 aromatic rings. The topological polar surface area (TPSA) is 111 Å². The van der Waals surface area contributed by atoms with Crippen LogP contribution in [-0.2, 0) is 22.5 Å². The van der Waals surface area contributed by atoms with E-state index in [4.69, 9.17) is 14.2 Å². The van der Waals surface area contributed by atoms with Crippen LogP contribution in [0.4, 0.5) is 5.69 Å². The Morgan fingerprint density at radius 1 is 0.974 bits per heavy atom. The summed E-state index contributed by atoms with van der Waals surface area (Å²) in [5.74, 6) is 0.515. The average Bonchev–Trinajstić information content (AvgIpc) is 3.36. The van der Waals surface area contributed by atoms with Crippen molar-refractivity contribution >= 4 is 28.8 Å². The second kappa shape index (κ2) is 14.3. The molecule has 0 aliphatic carbocycles. The highest BCUT2D eigenvalue weighted by atomic mass is 32.1. The van der Waals surface area contributed by atoms with Crippen molar-refractivity contribution in [3.05, 3.63) is 85.6 Å². The third kappa shape index (κ3) is 8.01. The third-order valence-corrected chi connectivity index (χ3v) is 7.26. The van der Waals surface area contributed by atoms with Gasteiger partial charge in [-0.2, -0.15) is 0 Å². The molecule has 1 heterocycles. The fourth-order valence-electron chi connectivity index (χ4n) is 3.98. The molecular formula is C28H33N3O7S. The van der Waals surface area contributed by atoms with E-state index in [1.54, 1.807) is 30.5 Å². The number of methoxy groups -OCH3 is 3. The summed E-state index contributed by atoms with van der Waals surface area (Å²) < 4.78 is 15.9. The molecule has 0 saturated carbocycles. The smallest absolute Gasteiger partial charge is 0.270 e. The number of benzene rings is 2. The predicted octanol–water partition coefficient (Wildman–Crippen LogP) is 4.34. The highest BCUT2D eigenvalue weighted by Gasteiger charge is 2.24. The molecule has 1 aromatic heterocycles. The van der Waals surface area contributed by atoms with Crippen LogP contribution in [-0.4, -0.2) is 74.1 Å². The van der Waals surface area contributed by atoms with Crippen LogP contribution in [0.2, 0.25) is 0 Å². The van der Waals surface area contributed by atoms with Gasteiger partial charge in [-0.3, -0.25) is 19.7 Å². The number of nitro groups is 1. The molecule has 39 heavy (non-hydrogen) atoms. The second-order valence-electron chi connectivity index (χ2n) is 8.81. The van der Waals surface area contributed by atoms with Crippen LogP contribution in [0.25, 0.3) is 0 Å². The Balaban J connectivity index is 1.82. The Bertz CT molecular complexity index is 1290. The number of nitro benzene ring substituents is 1. The maximum atomic E-state index is 13.7. The van der Waals surface area contributed by atoms with Crippen molar-refractivity contribution in [1.29, 1.82) is 0 Å². The van der Waals surface area contributed by atoms with Crippen molar-refractivity contribution in [3.8, 4) is 11.5 Å². The zero-order chi connectivity index (χ0) is 28.4. The van der Waals surface area contributed by atoms with Gasteiger partial charge in [0.15, 0.2) is 11.5 Å². The Morgan fingerprint density at radius 3 is 2.38 bits per heavy atom. The maximum Gasteiger partial charge on any atom is 0.270 e. The molecule has 0 bridgehead atoms. The van der Waals surface area contributed by atoms with E-state index in [1.165, 1.54) is 36.3 Å². The normalized spacial score (nSPS) is 10.7. The van der Waals surface area contributed by atoms with Crippen LogP contribution in [0.15, 0.2) is 53.9 Å². The summed E-state index contributed by atoms with van der Waals surface area (Å²) in [5.41, 5.74) is 2.01. The monoisotopic (exact) mass is 555 g/mol. The van der Waals surface area contributed by atoms with Crippen molar-refractivity contribution in [2.24, 2.45) is 0 Å². The van der Waals surface area contributed by atoms with E-state index in [0.29, 0.717) is 31.0 Å². The van der Waals surface area contributed by atoms with E-state index in [0.717, 1.165) is 16.0 Å². The molecule has 10 nitrogen and oxygen atoms in total. The number of ether oxygens (including phenoxy) is 3. The molecule has 2 amide bonds. The molecule has 0 N–H and O–H groups in total. The zero-order valence-electron chi connectivity index (χ0n) is 22.5. The van der Waals surface area contributed by atoms with Gasteiger partial charge in [-0.25, -0.2) is 0 Å². The van der Waals surface area contributed by atoms with Crippen molar-refractivity contribution < 1.29 is 28.7 Å². The van der Waals surface area contributed by atoms with Gasteiger partial charge in [0.2, 0.25) is 5.91 Å². The lowest BCUT2D eigenvalue weighted by molar-refractivity contribution is -0.384. The fraction of sp³-hybridized carbons (Fsp3) is 0.357.